The molecule has 0 spiro atoms. The van der Waals surface area contributed by atoms with E-state index in [0.717, 1.165) is 19.4 Å². The summed E-state index contributed by atoms with van der Waals surface area (Å²) in [6, 6.07) is 5.30. The molecule has 3 fully saturated rings. The van der Waals surface area contributed by atoms with E-state index < -0.39 is 34.1 Å². The number of fused-ring (bicyclic) bond motifs is 3. The van der Waals surface area contributed by atoms with Crippen LogP contribution in [0.2, 0.25) is 0 Å². The van der Waals surface area contributed by atoms with Crippen LogP contribution in [0.15, 0.2) is 30.5 Å². The number of benzene rings is 2. The first kappa shape index (κ1) is 27.9. The van der Waals surface area contributed by atoms with Gasteiger partial charge in [-0.05, 0) is 43.0 Å². The van der Waals surface area contributed by atoms with Gasteiger partial charge in [-0.3, -0.25) is 14.1 Å². The predicted molar refractivity (Wildman–Crippen MR) is 158 cm³/mol. The van der Waals surface area contributed by atoms with Gasteiger partial charge in [-0.25, -0.2) is 13.2 Å². The van der Waals surface area contributed by atoms with Crippen molar-refractivity contribution in [1.82, 2.24) is 19.9 Å². The Hall–Kier alpha value is -3.95. The Morgan fingerprint density at radius 2 is 2.00 bits per heavy atom. The number of pyridine rings is 1. The molecule has 0 amide bonds. The van der Waals surface area contributed by atoms with Gasteiger partial charge < -0.3 is 14.7 Å². The molecule has 2 aromatic heterocycles. The Morgan fingerprint density at radius 1 is 1.19 bits per heavy atom. The molecule has 0 saturated carbocycles. The minimum absolute atomic E-state index is 0.0649. The van der Waals surface area contributed by atoms with Crippen LogP contribution in [0, 0.1) is 24.0 Å². The molecule has 0 unspecified atom stereocenters. The van der Waals surface area contributed by atoms with E-state index >= 15 is 4.39 Å². The molecule has 0 bridgehead atoms. The molecule has 1 N–H and O–H groups in total. The van der Waals surface area contributed by atoms with Crippen LogP contribution >= 0.6 is 0 Å². The first-order valence-electron chi connectivity index (χ1n) is 14.2. The molecule has 3 aliphatic rings. The van der Waals surface area contributed by atoms with Crippen molar-refractivity contribution >= 4 is 38.3 Å². The highest BCUT2D eigenvalue weighted by molar-refractivity contribution is 7.85. The molecule has 222 valence electrons. The molecule has 0 radical (unpaired) electrons. The molecule has 7 rings (SSSR count). The molecule has 8 nitrogen and oxygen atoms in total. The molecule has 4 aromatic rings. The van der Waals surface area contributed by atoms with Gasteiger partial charge in [0, 0.05) is 65.5 Å². The SMILES string of the molecule is C#Cc1c(F)ccc2cc(O)cc(-c3ncc4c(N5CCS(=O)CC5)nc(OC[C@@]56CCCN5C[C@H](F)C6)nc4c3F)c12. The van der Waals surface area contributed by atoms with E-state index in [0.29, 0.717) is 54.2 Å². The van der Waals surface area contributed by atoms with Gasteiger partial charge in [0.2, 0.25) is 0 Å². The number of anilines is 1. The number of rotatable bonds is 5. The van der Waals surface area contributed by atoms with Gasteiger partial charge in [-0.1, -0.05) is 12.0 Å². The fourth-order valence-corrected chi connectivity index (χ4v) is 7.82. The zero-order chi connectivity index (χ0) is 29.9. The quantitative estimate of drug-likeness (QED) is 0.336. The van der Waals surface area contributed by atoms with Crippen molar-refractivity contribution in [3.8, 4) is 35.4 Å². The number of phenolic OH excluding ortho intramolecular Hbond substituents is 1. The van der Waals surface area contributed by atoms with Crippen molar-refractivity contribution in [3.63, 3.8) is 0 Å². The molecule has 5 heterocycles. The van der Waals surface area contributed by atoms with Crippen molar-refractivity contribution in [2.45, 2.75) is 31.0 Å². The third-order valence-corrected chi connectivity index (χ3v) is 10.1. The van der Waals surface area contributed by atoms with Crippen LogP contribution in [0.4, 0.5) is 19.0 Å². The number of alkyl halides is 1. The predicted octanol–water partition coefficient (Wildman–Crippen LogP) is 4.33. The van der Waals surface area contributed by atoms with E-state index in [1.165, 1.54) is 30.5 Å². The zero-order valence-electron chi connectivity index (χ0n) is 23.2. The van der Waals surface area contributed by atoms with Crippen molar-refractivity contribution < 1.29 is 27.2 Å². The minimum atomic E-state index is -0.958. The monoisotopic (exact) mass is 607 g/mol. The van der Waals surface area contributed by atoms with Crippen LogP contribution in [0.3, 0.4) is 0 Å². The lowest BCUT2D eigenvalue weighted by atomic mass is 9.95. The van der Waals surface area contributed by atoms with Gasteiger partial charge in [-0.2, -0.15) is 9.97 Å². The summed E-state index contributed by atoms with van der Waals surface area (Å²) < 4.78 is 63.9. The largest absolute Gasteiger partial charge is 0.508 e. The lowest BCUT2D eigenvalue weighted by Gasteiger charge is -2.31. The molecule has 0 aliphatic carbocycles. The second-order valence-electron chi connectivity index (χ2n) is 11.4. The molecule has 12 heteroatoms. The smallest absolute Gasteiger partial charge is 0.319 e. The van der Waals surface area contributed by atoms with Crippen LogP contribution in [0.5, 0.6) is 11.8 Å². The minimum Gasteiger partial charge on any atom is -0.508 e. The van der Waals surface area contributed by atoms with E-state index in [2.05, 4.69) is 25.8 Å². The number of aromatic nitrogens is 3. The highest BCUT2D eigenvalue weighted by Gasteiger charge is 2.49. The summed E-state index contributed by atoms with van der Waals surface area (Å²) in [5.41, 5.74) is -0.688. The summed E-state index contributed by atoms with van der Waals surface area (Å²) in [7, 11) is -0.958. The summed E-state index contributed by atoms with van der Waals surface area (Å²) in [5, 5.41) is 11.4. The van der Waals surface area contributed by atoms with E-state index in [4.69, 9.17) is 11.2 Å². The topological polar surface area (TPSA) is 91.7 Å². The van der Waals surface area contributed by atoms with Gasteiger partial charge >= 0.3 is 6.01 Å². The van der Waals surface area contributed by atoms with Gasteiger partial charge in [0.15, 0.2) is 5.82 Å². The highest BCUT2D eigenvalue weighted by atomic mass is 32.2. The number of phenols is 1. The summed E-state index contributed by atoms with van der Waals surface area (Å²) in [5.74, 6) is 1.94. The maximum Gasteiger partial charge on any atom is 0.319 e. The van der Waals surface area contributed by atoms with Crippen molar-refractivity contribution in [1.29, 1.82) is 0 Å². The maximum absolute atomic E-state index is 16.6. The number of ether oxygens (including phenoxy) is 1. The summed E-state index contributed by atoms with van der Waals surface area (Å²) in [6.07, 6.45) is 8.21. The summed E-state index contributed by atoms with van der Waals surface area (Å²) >= 11 is 0. The average Bonchev–Trinajstić information content (AvgIpc) is 3.52. The third kappa shape index (κ3) is 4.75. The lowest BCUT2D eigenvalue weighted by Crippen LogP contribution is -2.43. The van der Waals surface area contributed by atoms with E-state index in [9.17, 15) is 18.1 Å². The second kappa shape index (κ2) is 10.6. The number of hydrogen-bond acceptors (Lipinski definition) is 8. The van der Waals surface area contributed by atoms with Crippen LogP contribution in [-0.2, 0) is 10.8 Å². The van der Waals surface area contributed by atoms with Gasteiger partial charge in [-0.15, -0.1) is 6.42 Å². The molecule has 43 heavy (non-hydrogen) atoms. The Balaban J connectivity index is 1.38. The Kier molecular flexibility index (Phi) is 6.90. The number of aromatic hydroxyl groups is 1. The number of hydrogen-bond donors (Lipinski definition) is 1. The molecular formula is C31H28F3N5O3S. The van der Waals surface area contributed by atoms with E-state index in [1.54, 1.807) is 0 Å². The average molecular weight is 608 g/mol. The zero-order valence-corrected chi connectivity index (χ0v) is 24.0. The lowest BCUT2D eigenvalue weighted by molar-refractivity contribution is 0.107. The van der Waals surface area contributed by atoms with Crippen LogP contribution in [-0.4, -0.2) is 85.2 Å². The number of terminal acetylenes is 1. The van der Waals surface area contributed by atoms with E-state index in [1.807, 2.05) is 4.90 Å². The fraction of sp³-hybridized carbons (Fsp3) is 0.387. The molecule has 3 saturated heterocycles. The molecular weight excluding hydrogens is 579 g/mol. The van der Waals surface area contributed by atoms with Crippen LogP contribution in [0.1, 0.15) is 24.8 Å². The van der Waals surface area contributed by atoms with Gasteiger partial charge in [0.1, 0.15) is 41.4 Å². The third-order valence-electron chi connectivity index (χ3n) is 8.80. The summed E-state index contributed by atoms with van der Waals surface area (Å²) in [6.45, 7) is 2.18. The summed E-state index contributed by atoms with van der Waals surface area (Å²) in [4.78, 5) is 17.5. The van der Waals surface area contributed by atoms with Crippen molar-refractivity contribution in [3.05, 3.63) is 47.7 Å². The Labute approximate surface area is 248 Å². The Bertz CT molecular complexity index is 1840. The number of nitrogens with zero attached hydrogens (tertiary/aromatic N) is 5. The molecule has 3 aliphatic heterocycles. The molecule has 2 atom stereocenters. The van der Waals surface area contributed by atoms with Crippen LogP contribution in [0.25, 0.3) is 32.9 Å². The molecule has 2 aromatic carbocycles. The first-order valence-corrected chi connectivity index (χ1v) is 15.7. The normalized spacial score (nSPS) is 22.7. The van der Waals surface area contributed by atoms with Crippen molar-refractivity contribution in [2.75, 3.05) is 49.2 Å². The van der Waals surface area contributed by atoms with Crippen molar-refractivity contribution in [2.24, 2.45) is 0 Å². The van der Waals surface area contributed by atoms with E-state index in [-0.39, 0.29) is 46.1 Å². The maximum atomic E-state index is 16.6. The first-order chi connectivity index (χ1) is 20.8. The van der Waals surface area contributed by atoms with Gasteiger partial charge in [0.25, 0.3) is 0 Å². The fourth-order valence-electron chi connectivity index (χ4n) is 6.77. The standard InChI is InChI=1S/C31H28F3N5O3S/c1-2-21-24(33)5-4-18-12-20(40)13-22(25(18)21)27-26(34)28-23(15-35-27)29(38-8-10-43(41)11-9-38)37-30(36-28)42-17-31-6-3-7-39(31)16-19(32)14-31/h1,4-5,12-13,15,19,40H,3,6-11,14,16-17H2/t19-,31+/m1/s1. The van der Waals surface area contributed by atoms with Crippen LogP contribution < -0.4 is 9.64 Å². The highest BCUT2D eigenvalue weighted by Crippen LogP contribution is 2.41. The van der Waals surface area contributed by atoms with Gasteiger partial charge in [0.05, 0.1) is 16.5 Å². The number of halogens is 3. The Morgan fingerprint density at radius 3 is 2.79 bits per heavy atom. The second-order valence-corrected chi connectivity index (χ2v) is 13.1.